The van der Waals surface area contributed by atoms with E-state index in [1.807, 2.05) is 23.9 Å². The zero-order chi connectivity index (χ0) is 18.8. The molecule has 4 nitrogen and oxygen atoms in total. The van der Waals surface area contributed by atoms with Gasteiger partial charge in [-0.3, -0.25) is 4.68 Å². The minimum atomic E-state index is 0.636. The van der Waals surface area contributed by atoms with Crippen LogP contribution < -0.4 is 5.32 Å². The maximum absolute atomic E-state index is 5.38. The van der Waals surface area contributed by atoms with Gasteiger partial charge in [-0.25, -0.2) is 0 Å². The lowest BCUT2D eigenvalue weighted by Gasteiger charge is -2.07. The summed E-state index contributed by atoms with van der Waals surface area (Å²) in [5.74, 6) is 1.86. The highest BCUT2D eigenvalue weighted by atomic mass is 16.3. The summed E-state index contributed by atoms with van der Waals surface area (Å²) in [5, 5.41) is 8.05. The summed E-state index contributed by atoms with van der Waals surface area (Å²) < 4.78 is 7.24. The standard InChI is InChI=1S/C23H23N3O/c1-16-6-8-18(9-7-16)19-10-11-21(17(2)13-19)22-14-23(26(3)25-22)24-15-20-5-4-12-27-20/h4-14,24H,15H2,1-3H3. The van der Waals surface area contributed by atoms with Gasteiger partial charge in [0.25, 0.3) is 0 Å². The molecule has 1 N–H and O–H groups in total. The van der Waals surface area contributed by atoms with Crippen LogP contribution in [-0.2, 0) is 13.6 Å². The van der Waals surface area contributed by atoms with Crippen LogP contribution in [0.3, 0.4) is 0 Å². The number of benzene rings is 2. The van der Waals surface area contributed by atoms with Crippen LogP contribution in [0.2, 0.25) is 0 Å². The van der Waals surface area contributed by atoms with E-state index in [9.17, 15) is 0 Å². The van der Waals surface area contributed by atoms with Crippen LogP contribution in [0, 0.1) is 13.8 Å². The van der Waals surface area contributed by atoms with Gasteiger partial charge >= 0.3 is 0 Å². The van der Waals surface area contributed by atoms with Crippen molar-refractivity contribution in [2.75, 3.05) is 5.32 Å². The molecule has 0 unspecified atom stereocenters. The number of anilines is 1. The third-order valence-corrected chi connectivity index (χ3v) is 4.79. The molecule has 4 rings (SSSR count). The molecule has 4 aromatic rings. The van der Waals surface area contributed by atoms with Crippen molar-refractivity contribution in [1.29, 1.82) is 0 Å². The van der Waals surface area contributed by atoms with E-state index in [1.165, 1.54) is 22.3 Å². The van der Waals surface area contributed by atoms with E-state index in [1.54, 1.807) is 6.26 Å². The smallest absolute Gasteiger partial charge is 0.124 e. The van der Waals surface area contributed by atoms with Gasteiger partial charge in [0.2, 0.25) is 0 Å². The van der Waals surface area contributed by atoms with E-state index in [-0.39, 0.29) is 0 Å². The van der Waals surface area contributed by atoms with Crippen molar-refractivity contribution in [2.24, 2.45) is 7.05 Å². The number of nitrogens with zero attached hydrogens (tertiary/aromatic N) is 2. The van der Waals surface area contributed by atoms with Crippen LogP contribution in [0.25, 0.3) is 22.4 Å². The van der Waals surface area contributed by atoms with Gasteiger partial charge in [0.15, 0.2) is 0 Å². The second kappa shape index (κ2) is 7.16. The Morgan fingerprint density at radius 3 is 2.44 bits per heavy atom. The van der Waals surface area contributed by atoms with E-state index >= 15 is 0 Å². The number of nitrogens with one attached hydrogen (secondary N) is 1. The van der Waals surface area contributed by atoms with Crippen molar-refractivity contribution < 1.29 is 4.42 Å². The summed E-state index contributed by atoms with van der Waals surface area (Å²) in [7, 11) is 1.95. The molecule has 0 saturated heterocycles. The van der Waals surface area contributed by atoms with Crippen molar-refractivity contribution in [1.82, 2.24) is 9.78 Å². The topological polar surface area (TPSA) is 43.0 Å². The minimum absolute atomic E-state index is 0.636. The van der Waals surface area contributed by atoms with E-state index < -0.39 is 0 Å². The van der Waals surface area contributed by atoms with E-state index in [4.69, 9.17) is 4.42 Å². The van der Waals surface area contributed by atoms with Crippen molar-refractivity contribution >= 4 is 5.82 Å². The lowest BCUT2D eigenvalue weighted by molar-refractivity contribution is 0.517. The Kier molecular flexibility index (Phi) is 4.55. The SMILES string of the molecule is Cc1ccc(-c2ccc(-c3cc(NCc4ccco4)n(C)n3)c(C)c2)cc1. The lowest BCUT2D eigenvalue weighted by atomic mass is 9.98. The number of aryl methyl sites for hydroxylation is 3. The van der Waals surface area contributed by atoms with Crippen molar-refractivity contribution in [3.05, 3.63) is 83.8 Å². The third kappa shape index (κ3) is 3.65. The first-order chi connectivity index (χ1) is 13.1. The Labute approximate surface area is 159 Å². The van der Waals surface area contributed by atoms with Gasteiger partial charge in [0.05, 0.1) is 18.5 Å². The average molecular weight is 357 g/mol. The fraction of sp³-hybridized carbons (Fsp3) is 0.174. The van der Waals surface area contributed by atoms with Crippen LogP contribution in [0.1, 0.15) is 16.9 Å². The maximum Gasteiger partial charge on any atom is 0.124 e. The van der Waals surface area contributed by atoms with Gasteiger partial charge in [-0.1, -0.05) is 48.0 Å². The largest absolute Gasteiger partial charge is 0.467 e. The van der Waals surface area contributed by atoms with Gasteiger partial charge in [-0.15, -0.1) is 0 Å². The van der Waals surface area contributed by atoms with E-state index in [2.05, 4.69) is 72.8 Å². The number of rotatable bonds is 5. The molecule has 0 aliphatic carbocycles. The summed E-state index contributed by atoms with van der Waals surface area (Å²) in [6.07, 6.45) is 1.69. The normalized spacial score (nSPS) is 10.9. The van der Waals surface area contributed by atoms with Crippen LogP contribution in [0.5, 0.6) is 0 Å². The fourth-order valence-corrected chi connectivity index (χ4v) is 3.23. The summed E-state index contributed by atoms with van der Waals surface area (Å²) in [6.45, 7) is 4.88. The van der Waals surface area contributed by atoms with Gasteiger partial charge in [0, 0.05) is 18.7 Å². The first-order valence-electron chi connectivity index (χ1n) is 9.08. The number of hydrogen-bond donors (Lipinski definition) is 1. The fourth-order valence-electron chi connectivity index (χ4n) is 3.23. The molecule has 2 heterocycles. The highest BCUT2D eigenvalue weighted by molar-refractivity contribution is 5.73. The molecule has 0 atom stereocenters. The number of hydrogen-bond acceptors (Lipinski definition) is 3. The van der Waals surface area contributed by atoms with Crippen LogP contribution in [0.4, 0.5) is 5.82 Å². The molecular weight excluding hydrogens is 334 g/mol. The number of furan rings is 1. The molecule has 0 bridgehead atoms. The second-order valence-corrected chi connectivity index (χ2v) is 6.87. The molecule has 0 aliphatic rings. The van der Waals surface area contributed by atoms with Crippen LogP contribution in [0.15, 0.2) is 71.3 Å². The summed E-state index contributed by atoms with van der Waals surface area (Å²) in [6, 6.07) is 21.1. The summed E-state index contributed by atoms with van der Waals surface area (Å²) in [4.78, 5) is 0. The Morgan fingerprint density at radius 1 is 0.963 bits per heavy atom. The number of aromatic nitrogens is 2. The van der Waals surface area contributed by atoms with Gasteiger partial charge in [-0.05, 0) is 42.7 Å². The predicted molar refractivity (Wildman–Crippen MR) is 110 cm³/mol. The van der Waals surface area contributed by atoms with Crippen molar-refractivity contribution in [3.63, 3.8) is 0 Å². The molecule has 136 valence electrons. The Hall–Kier alpha value is -3.27. The first-order valence-corrected chi connectivity index (χ1v) is 9.08. The predicted octanol–water partition coefficient (Wildman–Crippen LogP) is 5.58. The van der Waals surface area contributed by atoms with Crippen molar-refractivity contribution in [3.8, 4) is 22.4 Å². The molecule has 0 spiro atoms. The van der Waals surface area contributed by atoms with Crippen molar-refractivity contribution in [2.45, 2.75) is 20.4 Å². The molecule has 2 aromatic carbocycles. The molecule has 0 amide bonds. The highest BCUT2D eigenvalue weighted by Gasteiger charge is 2.11. The quantitative estimate of drug-likeness (QED) is 0.507. The zero-order valence-electron chi connectivity index (χ0n) is 15.9. The molecule has 0 fully saturated rings. The van der Waals surface area contributed by atoms with Gasteiger partial charge < -0.3 is 9.73 Å². The third-order valence-electron chi connectivity index (χ3n) is 4.79. The monoisotopic (exact) mass is 357 g/mol. The molecule has 0 aliphatic heterocycles. The Balaban J connectivity index is 1.58. The highest BCUT2D eigenvalue weighted by Crippen LogP contribution is 2.29. The van der Waals surface area contributed by atoms with Gasteiger partial charge in [0.1, 0.15) is 11.6 Å². The molecule has 0 radical (unpaired) electrons. The molecule has 2 aromatic heterocycles. The second-order valence-electron chi connectivity index (χ2n) is 6.87. The van der Waals surface area contributed by atoms with Crippen LogP contribution >= 0.6 is 0 Å². The molecule has 0 saturated carbocycles. The average Bonchev–Trinajstić information content (AvgIpc) is 3.30. The van der Waals surface area contributed by atoms with Gasteiger partial charge in [-0.2, -0.15) is 5.10 Å². The van der Waals surface area contributed by atoms with E-state index in [0.717, 1.165) is 22.8 Å². The Bertz CT molecular complexity index is 1040. The van der Waals surface area contributed by atoms with E-state index in [0.29, 0.717) is 6.54 Å². The first kappa shape index (κ1) is 17.2. The molecule has 4 heteroatoms. The summed E-state index contributed by atoms with van der Waals surface area (Å²) in [5.41, 5.74) is 7.05. The van der Waals surface area contributed by atoms with Crippen LogP contribution in [-0.4, -0.2) is 9.78 Å². The molecule has 27 heavy (non-hydrogen) atoms. The minimum Gasteiger partial charge on any atom is -0.467 e. The Morgan fingerprint density at radius 2 is 1.74 bits per heavy atom. The lowest BCUT2D eigenvalue weighted by Crippen LogP contribution is -2.03. The zero-order valence-corrected chi connectivity index (χ0v) is 15.9. The molecular formula is C23H23N3O. The summed E-state index contributed by atoms with van der Waals surface area (Å²) >= 11 is 0. The maximum atomic E-state index is 5.38.